The number of nitrogens with zero attached hydrogens (tertiary/aromatic N) is 1. The summed E-state index contributed by atoms with van der Waals surface area (Å²) in [4.78, 5) is 27.3. The Morgan fingerprint density at radius 1 is 1.14 bits per heavy atom. The summed E-state index contributed by atoms with van der Waals surface area (Å²) in [7, 11) is 0. The number of aromatic nitrogens is 1. The number of imide groups is 1. The first-order valence-corrected chi connectivity index (χ1v) is 7.49. The number of carbonyl (C=O) groups is 2. The van der Waals surface area contributed by atoms with Crippen molar-refractivity contribution in [3.63, 3.8) is 0 Å². The predicted molar refractivity (Wildman–Crippen MR) is 78.9 cm³/mol. The van der Waals surface area contributed by atoms with E-state index in [1.807, 2.05) is 12.1 Å². The fourth-order valence-electron chi connectivity index (χ4n) is 2.88. The van der Waals surface area contributed by atoms with Gasteiger partial charge in [0.15, 0.2) is 0 Å². The van der Waals surface area contributed by atoms with Crippen LogP contribution in [0.4, 0.5) is 5.69 Å². The molecule has 0 aliphatic carbocycles. The smallest absolute Gasteiger partial charge is 0.249 e. The highest BCUT2D eigenvalue weighted by Gasteiger charge is 2.26. The second kappa shape index (κ2) is 6.22. The van der Waals surface area contributed by atoms with Crippen molar-refractivity contribution in [2.75, 3.05) is 18.4 Å². The largest absolute Gasteiger partial charge is 0.372 e. The third-order valence-corrected chi connectivity index (χ3v) is 4.12. The van der Waals surface area contributed by atoms with Crippen LogP contribution in [0.3, 0.4) is 0 Å². The number of pyridine rings is 1. The lowest BCUT2D eigenvalue weighted by Gasteiger charge is -2.24. The molecule has 1 aromatic heterocycles. The van der Waals surface area contributed by atoms with Crippen molar-refractivity contribution in [3.05, 3.63) is 24.0 Å². The second-order valence-corrected chi connectivity index (χ2v) is 5.64. The van der Waals surface area contributed by atoms with Gasteiger partial charge in [-0.05, 0) is 44.5 Å². The summed E-state index contributed by atoms with van der Waals surface area (Å²) in [5.41, 5.74) is 1.94. The normalized spacial score (nSPS) is 23.7. The van der Waals surface area contributed by atoms with Crippen LogP contribution in [0.25, 0.3) is 0 Å². The van der Waals surface area contributed by atoms with E-state index >= 15 is 0 Å². The van der Waals surface area contributed by atoms with Gasteiger partial charge in [0.1, 0.15) is 6.04 Å². The van der Waals surface area contributed by atoms with Gasteiger partial charge in [0.25, 0.3) is 0 Å². The van der Waals surface area contributed by atoms with Gasteiger partial charge in [-0.25, -0.2) is 0 Å². The van der Waals surface area contributed by atoms with E-state index in [2.05, 4.69) is 20.9 Å². The number of anilines is 1. The minimum Gasteiger partial charge on any atom is -0.372 e. The van der Waals surface area contributed by atoms with E-state index in [1.54, 1.807) is 6.20 Å². The zero-order chi connectivity index (χ0) is 14.7. The Hall–Kier alpha value is -1.95. The molecular formula is C15H20N4O2. The van der Waals surface area contributed by atoms with E-state index < -0.39 is 0 Å². The molecule has 6 nitrogen and oxygen atoms in total. The van der Waals surface area contributed by atoms with Gasteiger partial charge in [-0.3, -0.25) is 19.9 Å². The lowest BCUT2D eigenvalue weighted by atomic mass is 9.94. The fourth-order valence-corrected chi connectivity index (χ4v) is 2.88. The van der Waals surface area contributed by atoms with Crippen molar-refractivity contribution in [2.45, 2.75) is 37.6 Å². The minimum absolute atomic E-state index is 0.197. The second-order valence-electron chi connectivity index (χ2n) is 5.64. The average Bonchev–Trinajstić information content (AvgIpc) is 2.52. The van der Waals surface area contributed by atoms with E-state index in [0.29, 0.717) is 18.8 Å². The first-order chi connectivity index (χ1) is 10.2. The zero-order valence-corrected chi connectivity index (χ0v) is 11.9. The van der Waals surface area contributed by atoms with Crippen molar-refractivity contribution in [1.82, 2.24) is 15.6 Å². The number of piperidine rings is 2. The van der Waals surface area contributed by atoms with Gasteiger partial charge in [0.05, 0.1) is 11.9 Å². The third-order valence-electron chi connectivity index (χ3n) is 4.12. The Kier molecular flexibility index (Phi) is 4.15. The van der Waals surface area contributed by atoms with Crippen molar-refractivity contribution in [3.8, 4) is 0 Å². The summed E-state index contributed by atoms with van der Waals surface area (Å²) < 4.78 is 0. The maximum atomic E-state index is 11.7. The van der Waals surface area contributed by atoms with Crippen molar-refractivity contribution in [1.29, 1.82) is 0 Å². The minimum atomic E-state index is -0.353. The predicted octanol–water partition coefficient (Wildman–Crippen LogP) is 0.766. The number of nitrogens with one attached hydrogen (secondary N) is 3. The summed E-state index contributed by atoms with van der Waals surface area (Å²) in [5.74, 6) is 0.0713. The van der Waals surface area contributed by atoms with E-state index in [0.717, 1.165) is 37.3 Å². The first kappa shape index (κ1) is 14.0. The summed E-state index contributed by atoms with van der Waals surface area (Å²) >= 11 is 0. The molecule has 2 amide bonds. The molecule has 2 aliphatic heterocycles. The maximum absolute atomic E-state index is 11.7. The summed E-state index contributed by atoms with van der Waals surface area (Å²) in [6.07, 6.45) is 4.92. The molecule has 3 rings (SSSR count). The van der Waals surface area contributed by atoms with Crippen molar-refractivity contribution >= 4 is 17.5 Å². The van der Waals surface area contributed by atoms with Gasteiger partial charge >= 0.3 is 0 Å². The molecule has 1 aromatic rings. The highest BCUT2D eigenvalue weighted by molar-refractivity contribution is 6.01. The van der Waals surface area contributed by atoms with Gasteiger partial charge < -0.3 is 10.6 Å². The van der Waals surface area contributed by atoms with Gasteiger partial charge in [0.2, 0.25) is 11.8 Å². The molecule has 2 fully saturated rings. The van der Waals surface area contributed by atoms with Gasteiger partial charge in [-0.2, -0.15) is 0 Å². The molecule has 2 aliphatic rings. The lowest BCUT2D eigenvalue weighted by Crippen LogP contribution is -2.47. The lowest BCUT2D eigenvalue weighted by molar-refractivity contribution is -0.133. The molecule has 3 heterocycles. The molecule has 0 spiro atoms. The van der Waals surface area contributed by atoms with Gasteiger partial charge in [-0.15, -0.1) is 0 Å². The van der Waals surface area contributed by atoms with Crippen LogP contribution in [-0.2, 0) is 9.59 Å². The molecule has 21 heavy (non-hydrogen) atoms. The Morgan fingerprint density at radius 3 is 2.62 bits per heavy atom. The monoisotopic (exact) mass is 288 g/mol. The van der Waals surface area contributed by atoms with Crippen LogP contribution in [0.15, 0.2) is 18.3 Å². The topological polar surface area (TPSA) is 83.1 Å². The zero-order valence-electron chi connectivity index (χ0n) is 11.9. The third kappa shape index (κ3) is 3.39. The quantitative estimate of drug-likeness (QED) is 0.715. The fraction of sp³-hybridized carbons (Fsp3) is 0.533. The van der Waals surface area contributed by atoms with Crippen LogP contribution in [-0.4, -0.2) is 35.9 Å². The Morgan fingerprint density at radius 2 is 1.95 bits per heavy atom. The Balaban J connectivity index is 1.61. The van der Waals surface area contributed by atoms with Crippen LogP contribution < -0.4 is 16.0 Å². The van der Waals surface area contributed by atoms with E-state index in [9.17, 15) is 9.59 Å². The maximum Gasteiger partial charge on any atom is 0.249 e. The number of rotatable bonds is 3. The molecule has 0 aromatic carbocycles. The van der Waals surface area contributed by atoms with E-state index in [-0.39, 0.29) is 17.9 Å². The molecule has 112 valence electrons. The molecule has 1 unspecified atom stereocenters. The molecule has 2 saturated heterocycles. The number of hydrogen-bond donors (Lipinski definition) is 3. The van der Waals surface area contributed by atoms with Crippen LogP contribution >= 0.6 is 0 Å². The highest BCUT2D eigenvalue weighted by atomic mass is 16.2. The van der Waals surface area contributed by atoms with Crippen LogP contribution in [0.2, 0.25) is 0 Å². The Bertz CT molecular complexity index is 523. The highest BCUT2D eigenvalue weighted by Crippen LogP contribution is 2.24. The van der Waals surface area contributed by atoms with Crippen molar-refractivity contribution < 1.29 is 9.59 Å². The molecular weight excluding hydrogens is 268 g/mol. The SMILES string of the molecule is O=C1CCC(Nc2ccc(C3CCNCC3)nc2)C(=O)N1. The summed E-state index contributed by atoms with van der Waals surface area (Å²) in [6, 6.07) is 3.65. The van der Waals surface area contributed by atoms with Crippen molar-refractivity contribution in [2.24, 2.45) is 0 Å². The van der Waals surface area contributed by atoms with Gasteiger partial charge in [-0.1, -0.05) is 0 Å². The molecule has 1 atom stereocenters. The van der Waals surface area contributed by atoms with Crippen LogP contribution in [0.5, 0.6) is 0 Å². The van der Waals surface area contributed by atoms with E-state index in [1.165, 1.54) is 0 Å². The first-order valence-electron chi connectivity index (χ1n) is 7.49. The van der Waals surface area contributed by atoms with E-state index in [4.69, 9.17) is 0 Å². The number of hydrogen-bond acceptors (Lipinski definition) is 5. The van der Waals surface area contributed by atoms with Crippen LogP contribution in [0, 0.1) is 0 Å². The summed E-state index contributed by atoms with van der Waals surface area (Å²) in [6.45, 7) is 2.09. The summed E-state index contributed by atoms with van der Waals surface area (Å²) in [5, 5.41) is 8.83. The standard InChI is InChI=1S/C15H20N4O2/c20-14-4-3-13(15(21)19-14)18-11-1-2-12(17-9-11)10-5-7-16-8-6-10/h1-2,9-10,13,16,18H,3-8H2,(H,19,20,21). The average molecular weight is 288 g/mol. The molecule has 0 saturated carbocycles. The number of carbonyl (C=O) groups excluding carboxylic acids is 2. The molecule has 0 radical (unpaired) electrons. The molecule has 0 bridgehead atoms. The Labute approximate surface area is 123 Å². The number of amides is 2. The van der Waals surface area contributed by atoms with Gasteiger partial charge in [0, 0.05) is 18.0 Å². The van der Waals surface area contributed by atoms with Crippen LogP contribution in [0.1, 0.15) is 37.3 Å². The molecule has 6 heteroatoms. The molecule has 3 N–H and O–H groups in total.